The van der Waals surface area contributed by atoms with Crippen LogP contribution in [0.15, 0.2) is 42.7 Å². The summed E-state index contributed by atoms with van der Waals surface area (Å²) >= 11 is 0. The standard InChI is InChI=1S/C30H36N6O2/c1-20-6-7-22(30(2,3)4)16-21(20)17-24-27-28(31-19-34(27)5)33-29(32-24)36-12-10-35(11-13-36)23-8-9-25-26(18-23)38-15-14-37-25/h6-9,16,18-19H,10-15,17H2,1-5H3. The molecule has 38 heavy (non-hydrogen) atoms. The van der Waals surface area contributed by atoms with Gasteiger partial charge in [0.1, 0.15) is 18.7 Å². The zero-order valence-corrected chi connectivity index (χ0v) is 23.0. The van der Waals surface area contributed by atoms with Crippen LogP contribution in [0.5, 0.6) is 11.5 Å². The van der Waals surface area contributed by atoms with E-state index in [1.54, 1.807) is 0 Å². The molecule has 0 radical (unpaired) electrons. The lowest BCUT2D eigenvalue weighted by Gasteiger charge is -2.36. The Hall–Kier alpha value is -3.81. The Balaban J connectivity index is 1.26. The van der Waals surface area contributed by atoms with Crippen molar-refractivity contribution in [2.24, 2.45) is 7.05 Å². The lowest BCUT2D eigenvalue weighted by atomic mass is 9.84. The van der Waals surface area contributed by atoms with Crippen molar-refractivity contribution in [2.45, 2.75) is 39.5 Å². The molecule has 2 aliphatic rings. The van der Waals surface area contributed by atoms with E-state index < -0.39 is 0 Å². The average molecular weight is 513 g/mol. The van der Waals surface area contributed by atoms with Crippen LogP contribution in [0.3, 0.4) is 0 Å². The fraction of sp³-hybridized carbons (Fsp3) is 0.433. The van der Waals surface area contributed by atoms with Gasteiger partial charge in [0.05, 0.1) is 12.0 Å². The van der Waals surface area contributed by atoms with E-state index >= 15 is 0 Å². The Bertz CT molecular complexity index is 1480. The maximum atomic E-state index is 5.79. The second-order valence-electron chi connectivity index (χ2n) is 11.4. The van der Waals surface area contributed by atoms with Crippen LogP contribution in [0.25, 0.3) is 11.2 Å². The van der Waals surface area contributed by atoms with Gasteiger partial charge >= 0.3 is 0 Å². The Morgan fingerprint density at radius 2 is 1.61 bits per heavy atom. The molecule has 4 aromatic rings. The smallest absolute Gasteiger partial charge is 0.227 e. The second-order valence-corrected chi connectivity index (χ2v) is 11.4. The zero-order chi connectivity index (χ0) is 26.4. The molecule has 0 N–H and O–H groups in total. The maximum Gasteiger partial charge on any atom is 0.227 e. The van der Waals surface area contributed by atoms with Gasteiger partial charge in [0.25, 0.3) is 0 Å². The van der Waals surface area contributed by atoms with Crippen LogP contribution in [-0.4, -0.2) is 58.9 Å². The van der Waals surface area contributed by atoms with E-state index in [1.165, 1.54) is 16.7 Å². The third kappa shape index (κ3) is 4.64. The van der Waals surface area contributed by atoms with E-state index in [4.69, 9.17) is 19.4 Å². The number of imidazole rings is 1. The van der Waals surface area contributed by atoms with Gasteiger partial charge in [-0.1, -0.05) is 39.0 Å². The molecule has 8 heteroatoms. The summed E-state index contributed by atoms with van der Waals surface area (Å²) in [6.45, 7) is 13.6. The summed E-state index contributed by atoms with van der Waals surface area (Å²) in [6.07, 6.45) is 2.59. The van der Waals surface area contributed by atoms with E-state index in [2.05, 4.69) is 72.8 Å². The van der Waals surface area contributed by atoms with Crippen molar-refractivity contribution >= 4 is 22.8 Å². The number of aromatic nitrogens is 4. The molecule has 2 aromatic carbocycles. The molecule has 2 aromatic heterocycles. The normalized spacial score (nSPS) is 15.8. The summed E-state index contributed by atoms with van der Waals surface area (Å²) in [6, 6.07) is 13.0. The predicted octanol–water partition coefficient (Wildman–Crippen LogP) is 4.66. The maximum absolute atomic E-state index is 5.79. The predicted molar refractivity (Wildman–Crippen MR) is 151 cm³/mol. The van der Waals surface area contributed by atoms with Crippen molar-refractivity contribution in [3.63, 3.8) is 0 Å². The van der Waals surface area contributed by atoms with Gasteiger partial charge in [0.2, 0.25) is 5.95 Å². The number of nitrogens with zero attached hydrogens (tertiary/aromatic N) is 6. The number of hydrogen-bond acceptors (Lipinski definition) is 7. The number of anilines is 2. The van der Waals surface area contributed by atoms with Crippen molar-refractivity contribution < 1.29 is 9.47 Å². The van der Waals surface area contributed by atoms with Crippen molar-refractivity contribution in [1.82, 2.24) is 19.5 Å². The number of rotatable bonds is 4. The largest absolute Gasteiger partial charge is 0.486 e. The molecule has 0 bridgehead atoms. The second kappa shape index (κ2) is 9.49. The molecule has 4 heterocycles. The summed E-state index contributed by atoms with van der Waals surface area (Å²) in [7, 11) is 2.02. The third-order valence-corrected chi connectivity index (χ3v) is 7.66. The average Bonchev–Trinajstić information content (AvgIpc) is 3.30. The molecule has 0 atom stereocenters. The monoisotopic (exact) mass is 512 g/mol. The topological polar surface area (TPSA) is 68.5 Å². The minimum Gasteiger partial charge on any atom is -0.486 e. The first-order valence-corrected chi connectivity index (χ1v) is 13.4. The van der Waals surface area contributed by atoms with Gasteiger partial charge in [-0.05, 0) is 41.2 Å². The number of aryl methyl sites for hydroxylation is 2. The van der Waals surface area contributed by atoms with E-state index in [1.807, 2.05) is 24.0 Å². The van der Waals surface area contributed by atoms with Crippen LogP contribution in [0.1, 0.15) is 43.2 Å². The first-order chi connectivity index (χ1) is 18.3. The Morgan fingerprint density at radius 3 is 2.37 bits per heavy atom. The SMILES string of the molecule is Cc1ccc(C(C)(C)C)cc1Cc1nc(N2CCN(c3ccc4c(c3)OCCO4)CC2)nc2ncn(C)c12. The quantitative estimate of drug-likeness (QED) is 0.394. The van der Waals surface area contributed by atoms with Gasteiger partial charge in [-0.15, -0.1) is 0 Å². The van der Waals surface area contributed by atoms with Gasteiger partial charge in [0.15, 0.2) is 17.1 Å². The van der Waals surface area contributed by atoms with Crippen LogP contribution < -0.4 is 19.3 Å². The summed E-state index contributed by atoms with van der Waals surface area (Å²) in [4.78, 5) is 19.3. The molecule has 1 fully saturated rings. The Morgan fingerprint density at radius 1 is 0.868 bits per heavy atom. The lowest BCUT2D eigenvalue weighted by Crippen LogP contribution is -2.47. The minimum atomic E-state index is 0.0952. The molecule has 0 aliphatic carbocycles. The van der Waals surface area contributed by atoms with Crippen LogP contribution >= 0.6 is 0 Å². The number of piperazine rings is 1. The highest BCUT2D eigenvalue weighted by Crippen LogP contribution is 2.34. The molecule has 6 rings (SSSR count). The summed E-state index contributed by atoms with van der Waals surface area (Å²) < 4.78 is 13.5. The van der Waals surface area contributed by atoms with Gasteiger partial charge in [-0.3, -0.25) is 0 Å². The molecule has 1 saturated heterocycles. The van der Waals surface area contributed by atoms with E-state index in [9.17, 15) is 0 Å². The first kappa shape index (κ1) is 24.5. The van der Waals surface area contributed by atoms with Gasteiger partial charge in [-0.2, -0.15) is 4.98 Å². The highest BCUT2D eigenvalue weighted by molar-refractivity contribution is 5.75. The molecule has 0 amide bonds. The molecule has 8 nitrogen and oxygen atoms in total. The van der Waals surface area contributed by atoms with E-state index in [0.717, 1.165) is 72.6 Å². The molecule has 0 spiro atoms. The number of fused-ring (bicyclic) bond motifs is 2. The summed E-state index contributed by atoms with van der Waals surface area (Å²) in [5.41, 5.74) is 7.95. The van der Waals surface area contributed by atoms with Crippen LogP contribution in [-0.2, 0) is 18.9 Å². The van der Waals surface area contributed by atoms with Crippen molar-refractivity contribution in [2.75, 3.05) is 49.2 Å². The fourth-order valence-corrected chi connectivity index (χ4v) is 5.29. The molecule has 0 unspecified atom stereocenters. The Labute approximate surface area is 224 Å². The van der Waals surface area contributed by atoms with Crippen molar-refractivity contribution in [1.29, 1.82) is 0 Å². The number of benzene rings is 2. The highest BCUT2D eigenvalue weighted by atomic mass is 16.6. The van der Waals surface area contributed by atoms with Gasteiger partial charge in [0, 0.05) is 51.4 Å². The summed E-state index contributed by atoms with van der Waals surface area (Å²) in [5.74, 6) is 2.42. The van der Waals surface area contributed by atoms with Crippen molar-refractivity contribution in [3.8, 4) is 11.5 Å². The zero-order valence-electron chi connectivity index (χ0n) is 23.0. The third-order valence-electron chi connectivity index (χ3n) is 7.66. The lowest BCUT2D eigenvalue weighted by molar-refractivity contribution is 0.171. The molecule has 0 saturated carbocycles. The minimum absolute atomic E-state index is 0.0952. The molecule has 2 aliphatic heterocycles. The van der Waals surface area contributed by atoms with Gasteiger partial charge < -0.3 is 23.8 Å². The van der Waals surface area contributed by atoms with Crippen molar-refractivity contribution in [3.05, 3.63) is 65.1 Å². The Kier molecular flexibility index (Phi) is 6.13. The first-order valence-electron chi connectivity index (χ1n) is 13.4. The molecule has 198 valence electrons. The van der Waals surface area contributed by atoms with Crippen LogP contribution in [0, 0.1) is 6.92 Å². The van der Waals surface area contributed by atoms with Crippen LogP contribution in [0.2, 0.25) is 0 Å². The number of hydrogen-bond donors (Lipinski definition) is 0. The van der Waals surface area contributed by atoms with Gasteiger partial charge in [-0.25, -0.2) is 9.97 Å². The van der Waals surface area contributed by atoms with E-state index in [-0.39, 0.29) is 5.41 Å². The fourth-order valence-electron chi connectivity index (χ4n) is 5.29. The molecular formula is C30H36N6O2. The number of ether oxygens (including phenoxy) is 2. The summed E-state index contributed by atoms with van der Waals surface area (Å²) in [5, 5.41) is 0. The molecular weight excluding hydrogens is 476 g/mol. The highest BCUT2D eigenvalue weighted by Gasteiger charge is 2.24. The van der Waals surface area contributed by atoms with E-state index in [0.29, 0.717) is 13.2 Å². The van der Waals surface area contributed by atoms with Crippen LogP contribution in [0.4, 0.5) is 11.6 Å².